The Morgan fingerprint density at radius 3 is 0.925 bits per heavy atom. The summed E-state index contributed by atoms with van der Waals surface area (Å²) in [5, 5.41) is 0. The van der Waals surface area contributed by atoms with E-state index in [2.05, 4.69) is 130 Å². The number of carbonyl (C=O) groups excluding carboxylic acids is 3. The van der Waals surface area contributed by atoms with Gasteiger partial charge < -0.3 is 14.2 Å². The number of esters is 3. The summed E-state index contributed by atoms with van der Waals surface area (Å²) in [5.41, 5.74) is 0. The summed E-state index contributed by atoms with van der Waals surface area (Å²) in [4.78, 5) is 38.1. The van der Waals surface area contributed by atoms with Gasteiger partial charge in [0.15, 0.2) is 6.10 Å². The molecule has 0 unspecified atom stereocenters. The monoisotopic (exact) mass is 929 g/mol. The molecule has 0 radical (unpaired) electrons. The molecule has 0 N–H and O–H groups in total. The second kappa shape index (κ2) is 54.7. The molecule has 6 heteroatoms. The van der Waals surface area contributed by atoms with Crippen LogP contribution in [0.15, 0.2) is 109 Å². The zero-order valence-electron chi connectivity index (χ0n) is 43.4. The summed E-state index contributed by atoms with van der Waals surface area (Å²) in [6, 6.07) is 0. The first-order valence-electron chi connectivity index (χ1n) is 27.4. The van der Waals surface area contributed by atoms with Crippen molar-refractivity contribution < 1.29 is 28.6 Å². The summed E-state index contributed by atoms with van der Waals surface area (Å²) < 4.78 is 16.8. The molecule has 0 saturated carbocycles. The van der Waals surface area contributed by atoms with Crippen LogP contribution in [0.5, 0.6) is 0 Å². The summed E-state index contributed by atoms with van der Waals surface area (Å²) >= 11 is 0. The largest absolute Gasteiger partial charge is 0.462 e. The quantitative estimate of drug-likeness (QED) is 0.0262. The van der Waals surface area contributed by atoms with Gasteiger partial charge in [-0.2, -0.15) is 0 Å². The lowest BCUT2D eigenvalue weighted by Crippen LogP contribution is -2.30. The third-order valence-corrected chi connectivity index (χ3v) is 11.2. The number of rotatable bonds is 48. The van der Waals surface area contributed by atoms with Gasteiger partial charge in [-0.3, -0.25) is 14.4 Å². The topological polar surface area (TPSA) is 78.9 Å². The van der Waals surface area contributed by atoms with Crippen LogP contribution in [0.3, 0.4) is 0 Å². The highest BCUT2D eigenvalue weighted by atomic mass is 16.6. The smallest absolute Gasteiger partial charge is 0.306 e. The first-order chi connectivity index (χ1) is 33.0. The van der Waals surface area contributed by atoms with E-state index in [-0.39, 0.29) is 37.5 Å². The molecule has 0 rings (SSSR count). The Hall–Kier alpha value is -3.93. The molecule has 0 spiro atoms. The van der Waals surface area contributed by atoms with Crippen molar-refractivity contribution in [2.45, 2.75) is 245 Å². The first kappa shape index (κ1) is 63.1. The minimum absolute atomic E-state index is 0.105. The molecule has 0 aliphatic carbocycles. The van der Waals surface area contributed by atoms with Crippen LogP contribution in [0, 0.1) is 0 Å². The van der Waals surface area contributed by atoms with Crippen LogP contribution >= 0.6 is 0 Å². The van der Waals surface area contributed by atoms with Gasteiger partial charge in [0, 0.05) is 19.3 Å². The van der Waals surface area contributed by atoms with Gasteiger partial charge in [0.25, 0.3) is 0 Å². The molecular formula is C61H100O6. The van der Waals surface area contributed by atoms with Crippen molar-refractivity contribution in [3.05, 3.63) is 109 Å². The molecule has 6 nitrogen and oxygen atoms in total. The van der Waals surface area contributed by atoms with Crippen molar-refractivity contribution in [2.75, 3.05) is 13.2 Å². The summed E-state index contributed by atoms with van der Waals surface area (Å²) in [5.74, 6) is -0.967. The van der Waals surface area contributed by atoms with Gasteiger partial charge in [0.2, 0.25) is 0 Å². The van der Waals surface area contributed by atoms with Crippen LogP contribution in [0.25, 0.3) is 0 Å². The van der Waals surface area contributed by atoms with E-state index in [1.54, 1.807) is 0 Å². The Morgan fingerprint density at radius 1 is 0.313 bits per heavy atom. The van der Waals surface area contributed by atoms with Crippen LogP contribution in [-0.2, 0) is 28.6 Å². The van der Waals surface area contributed by atoms with Gasteiger partial charge in [-0.25, -0.2) is 0 Å². The van der Waals surface area contributed by atoms with Gasteiger partial charge in [0.05, 0.1) is 0 Å². The number of allylic oxidation sites excluding steroid dienone is 18. The lowest BCUT2D eigenvalue weighted by Gasteiger charge is -2.18. The third-order valence-electron chi connectivity index (χ3n) is 11.2. The highest BCUT2D eigenvalue weighted by molar-refractivity contribution is 5.71. The minimum atomic E-state index is -0.809. The van der Waals surface area contributed by atoms with E-state index >= 15 is 0 Å². The number of ether oxygens (including phenoxy) is 3. The van der Waals surface area contributed by atoms with Crippen molar-refractivity contribution >= 4 is 17.9 Å². The average molecular weight is 929 g/mol. The second-order valence-corrected chi connectivity index (χ2v) is 17.7. The molecule has 0 saturated heterocycles. The maximum Gasteiger partial charge on any atom is 0.306 e. The van der Waals surface area contributed by atoms with Gasteiger partial charge >= 0.3 is 17.9 Å². The van der Waals surface area contributed by atoms with E-state index in [9.17, 15) is 14.4 Å². The fraction of sp³-hybridized carbons (Fsp3) is 0.656. The van der Waals surface area contributed by atoms with E-state index in [1.807, 2.05) is 0 Å². The Kier molecular flexibility index (Phi) is 51.5. The molecule has 0 aromatic heterocycles. The van der Waals surface area contributed by atoms with Crippen molar-refractivity contribution in [1.82, 2.24) is 0 Å². The number of carbonyl (C=O) groups is 3. The molecule has 0 bridgehead atoms. The number of unbranched alkanes of at least 4 members (excludes halogenated alkanes) is 19. The van der Waals surface area contributed by atoms with Gasteiger partial charge in [-0.1, -0.05) is 201 Å². The zero-order valence-corrected chi connectivity index (χ0v) is 43.4. The highest BCUT2D eigenvalue weighted by Gasteiger charge is 2.19. The molecule has 0 aliphatic rings. The maximum atomic E-state index is 12.8. The highest BCUT2D eigenvalue weighted by Crippen LogP contribution is 2.13. The summed E-state index contributed by atoms with van der Waals surface area (Å²) in [6.07, 6.45) is 73.5. The van der Waals surface area contributed by atoms with Crippen molar-refractivity contribution in [3.8, 4) is 0 Å². The lowest BCUT2D eigenvalue weighted by atomic mass is 10.1. The molecule has 0 aliphatic heterocycles. The maximum absolute atomic E-state index is 12.8. The zero-order chi connectivity index (χ0) is 48.6. The van der Waals surface area contributed by atoms with E-state index in [0.29, 0.717) is 12.8 Å². The van der Waals surface area contributed by atoms with E-state index in [1.165, 1.54) is 51.4 Å². The van der Waals surface area contributed by atoms with Crippen LogP contribution in [-0.4, -0.2) is 37.2 Å². The van der Waals surface area contributed by atoms with E-state index < -0.39 is 6.10 Å². The minimum Gasteiger partial charge on any atom is -0.462 e. The fourth-order valence-corrected chi connectivity index (χ4v) is 7.12. The molecule has 0 fully saturated rings. The van der Waals surface area contributed by atoms with Crippen LogP contribution in [0.2, 0.25) is 0 Å². The van der Waals surface area contributed by atoms with Crippen molar-refractivity contribution in [2.24, 2.45) is 0 Å². The fourth-order valence-electron chi connectivity index (χ4n) is 7.12. The predicted molar refractivity (Wildman–Crippen MR) is 288 cm³/mol. The average Bonchev–Trinajstić information content (AvgIpc) is 3.33. The summed E-state index contributed by atoms with van der Waals surface area (Å²) in [7, 11) is 0. The number of hydrogen-bond acceptors (Lipinski definition) is 6. The van der Waals surface area contributed by atoms with Crippen molar-refractivity contribution in [1.29, 1.82) is 0 Å². The molecule has 380 valence electrons. The third kappa shape index (κ3) is 52.9. The van der Waals surface area contributed by atoms with Crippen LogP contribution in [0.1, 0.15) is 239 Å². The summed E-state index contributed by atoms with van der Waals surface area (Å²) in [6.45, 7) is 6.41. The molecule has 0 aromatic rings. The molecule has 0 amide bonds. The van der Waals surface area contributed by atoms with Gasteiger partial charge in [0.1, 0.15) is 13.2 Å². The Morgan fingerprint density at radius 2 is 0.582 bits per heavy atom. The predicted octanol–water partition coefficient (Wildman–Crippen LogP) is 18.3. The molecular weight excluding hydrogens is 829 g/mol. The normalized spacial score (nSPS) is 12.5. The van der Waals surface area contributed by atoms with Crippen molar-refractivity contribution in [3.63, 3.8) is 0 Å². The van der Waals surface area contributed by atoms with E-state index in [4.69, 9.17) is 14.2 Å². The first-order valence-corrected chi connectivity index (χ1v) is 27.4. The number of hydrogen-bond donors (Lipinski definition) is 0. The molecule has 67 heavy (non-hydrogen) atoms. The molecule has 0 aromatic carbocycles. The molecule has 0 heterocycles. The Bertz CT molecular complexity index is 1330. The van der Waals surface area contributed by atoms with Crippen LogP contribution < -0.4 is 0 Å². The lowest BCUT2D eigenvalue weighted by molar-refractivity contribution is -0.167. The van der Waals surface area contributed by atoms with E-state index in [0.717, 1.165) is 148 Å². The molecule has 0 atom stereocenters. The van der Waals surface area contributed by atoms with Crippen LogP contribution in [0.4, 0.5) is 0 Å². The standard InChI is InChI=1S/C61H100O6/c1-4-7-10-13-16-19-22-25-28-29-30-31-34-37-40-43-46-49-52-55-61(64)67-58(56-65-59(62)53-50-47-44-41-38-35-32-26-23-20-17-14-11-8-5-2)57-66-60(63)54-51-48-45-42-39-36-33-27-24-21-18-15-12-9-6-3/h7,10,16-21,25-28,30-33,37,40,58H,4-6,8-9,11-15,22-24,29,34-36,38-39,41-57H2,1-3H3/b10-7-,19-16-,20-17-,21-18-,28-25-,31-30-,32-26-,33-27-,40-37-. The Balaban J connectivity index is 4.52. The second-order valence-electron chi connectivity index (χ2n) is 17.7. The SMILES string of the molecule is CC/C=C\C/C=C\C/C=C\C/C=C\C/C=C\CCCCCC(=O)OC(COC(=O)CCCCCCC/C=C\C/C=C\CCCCC)COC(=O)CCCCCCC/C=C\C/C=C\CCCCC. The van der Waals surface area contributed by atoms with Gasteiger partial charge in [-0.05, 0) is 128 Å². The Labute approximate surface area is 412 Å². The van der Waals surface area contributed by atoms with Gasteiger partial charge in [-0.15, -0.1) is 0 Å².